The molecule has 316 valence electrons. The van der Waals surface area contributed by atoms with Crippen molar-refractivity contribution in [1.29, 1.82) is 0 Å². The predicted octanol–water partition coefficient (Wildman–Crippen LogP) is 4.64. The zero-order valence-electron chi connectivity index (χ0n) is 33.3. The summed E-state index contributed by atoms with van der Waals surface area (Å²) in [6.07, 6.45) is -13.3. The second-order valence-corrected chi connectivity index (χ2v) is 15.4. The van der Waals surface area contributed by atoms with Crippen molar-refractivity contribution in [2.24, 2.45) is 0 Å². The molecule has 0 bridgehead atoms. The Kier molecular flexibility index (Phi) is 12.9. The van der Waals surface area contributed by atoms with E-state index in [2.05, 4.69) is 0 Å². The average molecular weight is 827 g/mol. The summed E-state index contributed by atoms with van der Waals surface area (Å²) in [6, 6.07) is 57.4. The molecule has 0 saturated carbocycles. The number of ether oxygens (including phenoxy) is 5. The predicted molar refractivity (Wildman–Crippen MR) is 225 cm³/mol. The second kappa shape index (κ2) is 18.5. The lowest BCUT2D eigenvalue weighted by molar-refractivity contribution is -0.388. The van der Waals surface area contributed by atoms with Crippen molar-refractivity contribution in [2.75, 3.05) is 19.8 Å². The SMILES string of the molecule is OC[C@H]1O[C@H](O[C@]2(COC(c3ccccc3)(c3ccccc3)c3ccccc3)O[C@@H](COC(c3ccccc3)(c3ccccc3)c3ccccc3)[C@H](O)[C@H]2O)[C@@H](O)[C@H](O)[C@@H]1O. The molecular weight excluding hydrogens is 777 g/mol. The van der Waals surface area contributed by atoms with Gasteiger partial charge in [-0.15, -0.1) is 0 Å². The first-order chi connectivity index (χ1) is 29.7. The van der Waals surface area contributed by atoms with Crippen LogP contribution in [0, 0.1) is 0 Å². The van der Waals surface area contributed by atoms with Gasteiger partial charge >= 0.3 is 0 Å². The van der Waals surface area contributed by atoms with Gasteiger partial charge in [0.1, 0.15) is 60.5 Å². The van der Waals surface area contributed by atoms with Crippen LogP contribution in [-0.4, -0.2) is 105 Å². The minimum atomic E-state index is -2.32. The lowest BCUT2D eigenvalue weighted by atomic mass is 9.80. The summed E-state index contributed by atoms with van der Waals surface area (Å²) in [7, 11) is 0. The Morgan fingerprint density at radius 3 is 1.16 bits per heavy atom. The van der Waals surface area contributed by atoms with E-state index in [0.717, 1.165) is 33.4 Å². The highest BCUT2D eigenvalue weighted by Gasteiger charge is 2.60. The van der Waals surface area contributed by atoms with Crippen LogP contribution in [0.25, 0.3) is 0 Å². The fraction of sp³-hybridized carbons (Fsp3) is 0.280. The molecule has 9 atom stereocenters. The Bertz CT molecular complexity index is 2060. The average Bonchev–Trinajstić information content (AvgIpc) is 3.56. The van der Waals surface area contributed by atoms with Crippen LogP contribution in [0.4, 0.5) is 0 Å². The maximum Gasteiger partial charge on any atom is 0.224 e. The molecule has 2 aliphatic heterocycles. The molecule has 2 saturated heterocycles. The summed E-state index contributed by atoms with van der Waals surface area (Å²) in [6.45, 7) is -1.61. The van der Waals surface area contributed by atoms with Crippen LogP contribution in [0.15, 0.2) is 182 Å². The second-order valence-electron chi connectivity index (χ2n) is 15.4. The third-order valence-electron chi connectivity index (χ3n) is 11.7. The molecule has 0 unspecified atom stereocenters. The van der Waals surface area contributed by atoms with Crippen molar-refractivity contribution in [1.82, 2.24) is 0 Å². The first kappa shape index (κ1) is 42.6. The highest BCUT2D eigenvalue weighted by Crippen LogP contribution is 2.46. The molecule has 0 amide bonds. The molecule has 6 aromatic carbocycles. The molecule has 2 fully saturated rings. The molecule has 11 nitrogen and oxygen atoms in total. The normalized spacial score (nSPS) is 26.9. The summed E-state index contributed by atoms with van der Waals surface area (Å²) < 4.78 is 33.1. The van der Waals surface area contributed by atoms with Gasteiger partial charge in [0.25, 0.3) is 0 Å². The van der Waals surface area contributed by atoms with Gasteiger partial charge in [-0.3, -0.25) is 0 Å². The molecule has 2 aliphatic rings. The van der Waals surface area contributed by atoms with E-state index < -0.39 is 79.2 Å². The third-order valence-corrected chi connectivity index (χ3v) is 11.7. The van der Waals surface area contributed by atoms with Gasteiger partial charge < -0.3 is 54.3 Å². The standard InChI is InChI=1S/C50H50O11/c51-31-40-42(52)44(54)45(55)47(59-40)61-48(33-58-50(37-25-13-4-14-26-37,38-27-15-5-16-28-38)39-29-17-6-18-30-39)46(56)43(53)41(60-48)32-57-49(34-19-7-1-8-20-34,35-21-9-2-10-22-35)36-23-11-3-12-24-36/h1-30,40-47,51-56H,31-33H2/t40-,41+,42-,43+,44-,45+,46-,47-,48+/m1/s1. The van der Waals surface area contributed by atoms with Crippen molar-refractivity contribution in [3.63, 3.8) is 0 Å². The van der Waals surface area contributed by atoms with Crippen molar-refractivity contribution in [3.8, 4) is 0 Å². The Morgan fingerprint density at radius 2 is 0.803 bits per heavy atom. The maximum absolute atomic E-state index is 12.3. The third kappa shape index (κ3) is 8.07. The highest BCUT2D eigenvalue weighted by molar-refractivity contribution is 5.49. The molecular formula is C50H50O11. The summed E-state index contributed by atoms with van der Waals surface area (Å²) in [5.74, 6) is -2.32. The van der Waals surface area contributed by atoms with E-state index in [4.69, 9.17) is 23.7 Å². The van der Waals surface area contributed by atoms with Gasteiger partial charge in [0, 0.05) is 0 Å². The van der Waals surface area contributed by atoms with Crippen LogP contribution in [0.2, 0.25) is 0 Å². The van der Waals surface area contributed by atoms with E-state index in [9.17, 15) is 30.6 Å². The molecule has 0 aromatic heterocycles. The van der Waals surface area contributed by atoms with Crippen LogP contribution >= 0.6 is 0 Å². The van der Waals surface area contributed by atoms with E-state index in [1.165, 1.54) is 0 Å². The van der Waals surface area contributed by atoms with Gasteiger partial charge in [0.2, 0.25) is 5.79 Å². The maximum atomic E-state index is 12.3. The van der Waals surface area contributed by atoms with E-state index in [0.29, 0.717) is 0 Å². The van der Waals surface area contributed by atoms with Crippen LogP contribution in [0.1, 0.15) is 33.4 Å². The number of aliphatic hydroxyl groups is 6. The fourth-order valence-electron chi connectivity index (χ4n) is 8.56. The van der Waals surface area contributed by atoms with Crippen molar-refractivity contribution >= 4 is 0 Å². The lowest BCUT2D eigenvalue weighted by Crippen LogP contribution is -2.63. The number of rotatable bonds is 15. The number of hydrogen-bond donors (Lipinski definition) is 6. The summed E-state index contributed by atoms with van der Waals surface area (Å²) in [5.41, 5.74) is 1.98. The van der Waals surface area contributed by atoms with E-state index in [1.807, 2.05) is 182 Å². The highest BCUT2D eigenvalue weighted by atomic mass is 16.8. The van der Waals surface area contributed by atoms with Crippen LogP contribution < -0.4 is 0 Å². The molecule has 6 aromatic rings. The molecule has 8 rings (SSSR count). The van der Waals surface area contributed by atoms with Gasteiger partial charge in [0.05, 0.1) is 13.2 Å². The molecule has 6 N–H and O–H groups in total. The zero-order valence-corrected chi connectivity index (χ0v) is 33.3. The van der Waals surface area contributed by atoms with Crippen molar-refractivity contribution < 1.29 is 54.3 Å². The van der Waals surface area contributed by atoms with Crippen molar-refractivity contribution in [2.45, 2.75) is 66.0 Å². The summed E-state index contributed by atoms with van der Waals surface area (Å²) >= 11 is 0. The lowest BCUT2D eigenvalue weighted by Gasteiger charge is -2.45. The van der Waals surface area contributed by atoms with Crippen LogP contribution in [-0.2, 0) is 34.9 Å². The molecule has 2 heterocycles. The zero-order chi connectivity index (χ0) is 42.5. The number of benzene rings is 6. The van der Waals surface area contributed by atoms with Crippen molar-refractivity contribution in [3.05, 3.63) is 215 Å². The molecule has 61 heavy (non-hydrogen) atoms. The molecule has 0 aliphatic carbocycles. The first-order valence-corrected chi connectivity index (χ1v) is 20.4. The summed E-state index contributed by atoms with van der Waals surface area (Å²) in [5, 5.41) is 67.1. The Balaban J connectivity index is 1.22. The van der Waals surface area contributed by atoms with Gasteiger partial charge in [0.15, 0.2) is 6.29 Å². The van der Waals surface area contributed by atoms with Gasteiger partial charge in [-0.25, -0.2) is 0 Å². The van der Waals surface area contributed by atoms with E-state index in [1.54, 1.807) is 0 Å². The monoisotopic (exact) mass is 826 g/mol. The molecule has 0 spiro atoms. The van der Waals surface area contributed by atoms with Crippen LogP contribution in [0.5, 0.6) is 0 Å². The minimum absolute atomic E-state index is 0.294. The topological polar surface area (TPSA) is 168 Å². The number of hydrogen-bond acceptors (Lipinski definition) is 11. The quantitative estimate of drug-likeness (QED) is 0.0800. The fourth-order valence-corrected chi connectivity index (χ4v) is 8.56. The Labute approximate surface area is 354 Å². The van der Waals surface area contributed by atoms with Gasteiger partial charge in [-0.2, -0.15) is 0 Å². The summed E-state index contributed by atoms with van der Waals surface area (Å²) in [4.78, 5) is 0. The Morgan fingerprint density at radius 1 is 0.443 bits per heavy atom. The molecule has 0 radical (unpaired) electrons. The Hall–Kier alpha value is -5.12. The van der Waals surface area contributed by atoms with Gasteiger partial charge in [-0.1, -0.05) is 182 Å². The molecule has 11 heteroatoms. The number of aliphatic hydroxyl groups excluding tert-OH is 6. The first-order valence-electron chi connectivity index (χ1n) is 20.4. The minimum Gasteiger partial charge on any atom is -0.394 e. The van der Waals surface area contributed by atoms with E-state index >= 15 is 0 Å². The largest absolute Gasteiger partial charge is 0.394 e. The van der Waals surface area contributed by atoms with Crippen LogP contribution in [0.3, 0.4) is 0 Å². The van der Waals surface area contributed by atoms with Gasteiger partial charge in [-0.05, 0) is 33.4 Å². The smallest absolute Gasteiger partial charge is 0.224 e. The van der Waals surface area contributed by atoms with E-state index in [-0.39, 0.29) is 6.61 Å².